The van der Waals surface area contributed by atoms with Crippen molar-refractivity contribution in [3.8, 4) is 11.5 Å². The summed E-state index contributed by atoms with van der Waals surface area (Å²) in [7, 11) is 3.15. The Labute approximate surface area is 120 Å². The highest BCUT2D eigenvalue weighted by Crippen LogP contribution is 2.22. The van der Waals surface area contributed by atoms with Crippen molar-refractivity contribution in [2.45, 2.75) is 6.92 Å². The number of aromatic nitrogens is 3. The van der Waals surface area contributed by atoms with E-state index in [9.17, 15) is 4.79 Å². The van der Waals surface area contributed by atoms with E-state index in [4.69, 9.17) is 9.47 Å². The number of nitrogens with one attached hydrogen (secondary N) is 2. The Hall–Kier alpha value is -2.90. The molecule has 0 saturated carbocycles. The van der Waals surface area contributed by atoms with Gasteiger partial charge < -0.3 is 9.47 Å². The first-order valence-electron chi connectivity index (χ1n) is 6.08. The highest BCUT2D eigenvalue weighted by atomic mass is 16.5. The fraction of sp³-hybridized carbons (Fsp3) is 0.231. The predicted molar refractivity (Wildman–Crippen MR) is 78.2 cm³/mol. The number of benzene rings is 1. The maximum Gasteiger partial charge on any atom is 0.363 e. The first kappa shape index (κ1) is 14.5. The van der Waals surface area contributed by atoms with Crippen LogP contribution in [0, 0.1) is 6.92 Å². The number of methoxy groups -OCH3 is 2. The smallest absolute Gasteiger partial charge is 0.363 e. The van der Waals surface area contributed by atoms with E-state index in [2.05, 4.69) is 25.7 Å². The maximum atomic E-state index is 11.1. The van der Waals surface area contributed by atoms with Gasteiger partial charge in [-0.05, 0) is 25.1 Å². The minimum atomic E-state index is -0.544. The van der Waals surface area contributed by atoms with E-state index in [0.29, 0.717) is 17.2 Å². The summed E-state index contributed by atoms with van der Waals surface area (Å²) in [4.78, 5) is 14.8. The molecule has 0 aliphatic rings. The van der Waals surface area contributed by atoms with Gasteiger partial charge in [0.2, 0.25) is 0 Å². The van der Waals surface area contributed by atoms with E-state index in [1.165, 1.54) is 0 Å². The van der Waals surface area contributed by atoms with Crippen LogP contribution in [0.1, 0.15) is 11.3 Å². The SMILES string of the molecule is COc1ccc(OC)c(C=NNc2nc(=O)[nH]nc2C)c1. The van der Waals surface area contributed by atoms with Gasteiger partial charge >= 0.3 is 5.69 Å². The van der Waals surface area contributed by atoms with Crippen molar-refractivity contribution in [3.05, 3.63) is 39.9 Å². The second-order valence-corrected chi connectivity index (χ2v) is 4.05. The summed E-state index contributed by atoms with van der Waals surface area (Å²) >= 11 is 0. The molecule has 2 rings (SSSR count). The first-order chi connectivity index (χ1) is 10.1. The summed E-state index contributed by atoms with van der Waals surface area (Å²) in [6, 6.07) is 5.34. The molecule has 0 atom stereocenters. The van der Waals surface area contributed by atoms with Gasteiger partial charge in [0.25, 0.3) is 0 Å². The maximum absolute atomic E-state index is 11.1. The normalized spacial score (nSPS) is 10.6. The molecule has 110 valence electrons. The second-order valence-electron chi connectivity index (χ2n) is 4.05. The molecule has 21 heavy (non-hydrogen) atoms. The highest BCUT2D eigenvalue weighted by molar-refractivity contribution is 5.84. The summed E-state index contributed by atoms with van der Waals surface area (Å²) in [6.45, 7) is 1.70. The zero-order valence-corrected chi connectivity index (χ0v) is 11.9. The molecule has 0 aliphatic heterocycles. The van der Waals surface area contributed by atoms with Gasteiger partial charge in [-0.25, -0.2) is 9.89 Å². The molecule has 0 radical (unpaired) electrons. The number of rotatable bonds is 5. The van der Waals surface area contributed by atoms with Gasteiger partial charge in [0.15, 0.2) is 5.82 Å². The number of nitrogens with zero attached hydrogens (tertiary/aromatic N) is 3. The fourth-order valence-corrected chi connectivity index (χ4v) is 1.60. The van der Waals surface area contributed by atoms with Crippen molar-refractivity contribution in [1.29, 1.82) is 0 Å². The standard InChI is InChI=1S/C13H15N5O3/c1-8-12(15-13(19)18-16-8)17-14-7-9-6-10(20-2)4-5-11(9)21-3/h4-7H,1-3H3,(H2,15,17,18,19). The van der Waals surface area contributed by atoms with E-state index in [1.807, 2.05) is 0 Å². The minimum absolute atomic E-state index is 0.289. The number of ether oxygens (including phenoxy) is 2. The lowest BCUT2D eigenvalue weighted by atomic mass is 10.2. The molecule has 1 aromatic carbocycles. The van der Waals surface area contributed by atoms with Gasteiger partial charge in [-0.2, -0.15) is 15.2 Å². The Morgan fingerprint density at radius 1 is 1.33 bits per heavy atom. The lowest BCUT2D eigenvalue weighted by molar-refractivity contribution is 0.402. The zero-order chi connectivity index (χ0) is 15.2. The molecule has 1 heterocycles. The van der Waals surface area contributed by atoms with Gasteiger partial charge in [0, 0.05) is 5.56 Å². The van der Waals surface area contributed by atoms with Gasteiger partial charge in [0.05, 0.1) is 20.4 Å². The Balaban J connectivity index is 2.21. The molecule has 0 saturated heterocycles. The highest BCUT2D eigenvalue weighted by Gasteiger charge is 2.03. The molecule has 0 bridgehead atoms. The van der Waals surface area contributed by atoms with Crippen LogP contribution >= 0.6 is 0 Å². The monoisotopic (exact) mass is 289 g/mol. The Morgan fingerprint density at radius 2 is 2.14 bits per heavy atom. The van der Waals surface area contributed by atoms with E-state index in [1.54, 1.807) is 45.6 Å². The third-order valence-corrected chi connectivity index (χ3v) is 2.69. The Kier molecular flexibility index (Phi) is 4.50. The van der Waals surface area contributed by atoms with Crippen molar-refractivity contribution in [1.82, 2.24) is 15.2 Å². The van der Waals surface area contributed by atoms with Gasteiger partial charge in [0.1, 0.15) is 17.2 Å². The van der Waals surface area contributed by atoms with Crippen molar-refractivity contribution in [2.75, 3.05) is 19.6 Å². The topological polar surface area (TPSA) is 101 Å². The molecule has 0 unspecified atom stereocenters. The molecule has 0 fully saturated rings. The molecule has 1 aromatic heterocycles. The van der Waals surface area contributed by atoms with Crippen molar-refractivity contribution >= 4 is 12.0 Å². The summed E-state index contributed by atoms with van der Waals surface area (Å²) in [5.41, 5.74) is 3.38. The molecule has 0 spiro atoms. The van der Waals surface area contributed by atoms with Crippen LogP contribution in [0.15, 0.2) is 28.1 Å². The largest absolute Gasteiger partial charge is 0.497 e. The predicted octanol–water partition coefficient (Wildman–Crippen LogP) is 0.937. The summed E-state index contributed by atoms with van der Waals surface area (Å²) < 4.78 is 10.4. The molecular formula is C13H15N5O3. The number of hydrazone groups is 1. The third kappa shape index (κ3) is 3.56. The lowest BCUT2D eigenvalue weighted by Gasteiger charge is -2.07. The molecule has 8 nitrogen and oxygen atoms in total. The van der Waals surface area contributed by atoms with Crippen LogP contribution in [0.2, 0.25) is 0 Å². The van der Waals surface area contributed by atoms with Crippen LogP contribution in [-0.4, -0.2) is 35.6 Å². The van der Waals surface area contributed by atoms with Gasteiger partial charge in [-0.3, -0.25) is 5.43 Å². The second kappa shape index (κ2) is 6.51. The van der Waals surface area contributed by atoms with Crippen LogP contribution in [0.4, 0.5) is 5.82 Å². The molecule has 2 N–H and O–H groups in total. The van der Waals surface area contributed by atoms with Crippen molar-refractivity contribution in [3.63, 3.8) is 0 Å². The molecule has 8 heteroatoms. The van der Waals surface area contributed by atoms with Crippen LogP contribution in [0.3, 0.4) is 0 Å². The summed E-state index contributed by atoms with van der Waals surface area (Å²) in [5, 5.41) is 10.1. The number of hydrogen-bond donors (Lipinski definition) is 2. The molecule has 2 aromatic rings. The van der Waals surface area contributed by atoms with Crippen molar-refractivity contribution in [2.24, 2.45) is 5.10 Å². The van der Waals surface area contributed by atoms with Gasteiger partial charge in [-0.1, -0.05) is 0 Å². The molecule has 0 amide bonds. The van der Waals surface area contributed by atoms with E-state index in [0.717, 1.165) is 5.56 Å². The van der Waals surface area contributed by atoms with Crippen LogP contribution in [0.5, 0.6) is 11.5 Å². The van der Waals surface area contributed by atoms with E-state index >= 15 is 0 Å². The number of H-pyrrole nitrogens is 1. The number of anilines is 1. The summed E-state index contributed by atoms with van der Waals surface area (Å²) in [6.07, 6.45) is 1.55. The molecule has 0 aliphatic carbocycles. The van der Waals surface area contributed by atoms with Gasteiger partial charge in [-0.15, -0.1) is 0 Å². The van der Waals surface area contributed by atoms with Crippen LogP contribution < -0.4 is 20.6 Å². The average molecular weight is 289 g/mol. The van der Waals surface area contributed by atoms with Crippen LogP contribution in [-0.2, 0) is 0 Å². The molecular weight excluding hydrogens is 274 g/mol. The summed E-state index contributed by atoms with van der Waals surface area (Å²) in [5.74, 6) is 1.62. The number of hydrogen-bond acceptors (Lipinski definition) is 7. The van der Waals surface area contributed by atoms with E-state index < -0.39 is 5.69 Å². The Morgan fingerprint density at radius 3 is 2.86 bits per heavy atom. The van der Waals surface area contributed by atoms with E-state index in [-0.39, 0.29) is 5.82 Å². The first-order valence-corrected chi connectivity index (χ1v) is 6.08. The Bertz CT molecular complexity index is 711. The zero-order valence-electron chi connectivity index (χ0n) is 11.9. The average Bonchev–Trinajstić information content (AvgIpc) is 2.50. The quantitative estimate of drug-likeness (QED) is 0.627. The van der Waals surface area contributed by atoms with Crippen molar-refractivity contribution < 1.29 is 9.47 Å². The van der Waals surface area contributed by atoms with Crippen LogP contribution in [0.25, 0.3) is 0 Å². The fourth-order valence-electron chi connectivity index (χ4n) is 1.60. The third-order valence-electron chi connectivity index (χ3n) is 2.69. The number of aryl methyl sites for hydroxylation is 1. The lowest BCUT2D eigenvalue weighted by Crippen LogP contribution is -2.15. The minimum Gasteiger partial charge on any atom is -0.497 e. The number of aromatic amines is 1.